The van der Waals surface area contributed by atoms with Crippen molar-refractivity contribution in [3.05, 3.63) is 27.9 Å². The zero-order valence-corrected chi connectivity index (χ0v) is 12.7. The minimum Gasteiger partial charge on any atom is -0.465 e. The Kier molecular flexibility index (Phi) is 3.99. The Bertz CT molecular complexity index is 616. The van der Waals surface area contributed by atoms with Gasteiger partial charge in [0.2, 0.25) is 0 Å². The Morgan fingerprint density at radius 2 is 2.19 bits per heavy atom. The van der Waals surface area contributed by atoms with Crippen LogP contribution in [0, 0.1) is 5.41 Å². The van der Waals surface area contributed by atoms with Crippen LogP contribution in [0.15, 0.2) is 17.2 Å². The molecule has 2 rings (SSSR count). The highest BCUT2D eigenvalue weighted by Crippen LogP contribution is 2.39. The zero-order chi connectivity index (χ0) is 15.8. The molecule has 0 spiro atoms. The van der Waals surface area contributed by atoms with Gasteiger partial charge < -0.3 is 19.7 Å². The van der Waals surface area contributed by atoms with Crippen molar-refractivity contribution in [3.8, 4) is 0 Å². The first-order valence-electron chi connectivity index (χ1n) is 6.57. The molecule has 0 saturated carbocycles. The van der Waals surface area contributed by atoms with Crippen LogP contribution in [0.1, 0.15) is 20.3 Å². The highest BCUT2D eigenvalue weighted by molar-refractivity contribution is 6.29. The fourth-order valence-electron chi connectivity index (χ4n) is 2.64. The van der Waals surface area contributed by atoms with Crippen LogP contribution in [0.25, 0.3) is 0 Å². The number of hydrogen-bond donors (Lipinski definition) is 2. The van der Waals surface area contributed by atoms with Crippen molar-refractivity contribution < 1.29 is 15.0 Å². The predicted molar refractivity (Wildman–Crippen MR) is 76.5 cm³/mol. The summed E-state index contributed by atoms with van der Waals surface area (Å²) in [6.45, 7) is 4.05. The van der Waals surface area contributed by atoms with E-state index in [0.717, 1.165) is 6.20 Å². The SMILES string of the molecule is CC1(C)CN(C(=O)O)CCC1(O)Cn1cc(Cl)ncc1=O. The maximum absolute atomic E-state index is 11.8. The van der Waals surface area contributed by atoms with E-state index in [4.69, 9.17) is 16.7 Å². The fourth-order valence-corrected chi connectivity index (χ4v) is 2.81. The zero-order valence-electron chi connectivity index (χ0n) is 11.9. The second kappa shape index (κ2) is 5.31. The van der Waals surface area contributed by atoms with Crippen molar-refractivity contribution in [2.24, 2.45) is 5.41 Å². The summed E-state index contributed by atoms with van der Waals surface area (Å²) in [5, 5.41) is 20.2. The van der Waals surface area contributed by atoms with E-state index < -0.39 is 17.1 Å². The molecule has 1 unspecified atom stereocenters. The van der Waals surface area contributed by atoms with Gasteiger partial charge in [-0.2, -0.15) is 0 Å². The Balaban J connectivity index is 2.28. The molecule has 8 heteroatoms. The molecular formula is C13H18ClN3O4. The summed E-state index contributed by atoms with van der Waals surface area (Å²) in [7, 11) is 0. The highest BCUT2D eigenvalue weighted by atomic mass is 35.5. The van der Waals surface area contributed by atoms with Crippen molar-refractivity contribution in [2.75, 3.05) is 13.1 Å². The number of carboxylic acid groups (broad SMARTS) is 1. The average Bonchev–Trinajstić information content (AvgIpc) is 2.37. The molecule has 1 aromatic rings. The first-order chi connectivity index (χ1) is 9.64. The quantitative estimate of drug-likeness (QED) is 0.850. The second-order valence-corrected chi connectivity index (χ2v) is 6.43. The van der Waals surface area contributed by atoms with Crippen LogP contribution in [0.3, 0.4) is 0 Å². The molecule has 0 bridgehead atoms. The van der Waals surface area contributed by atoms with Crippen LogP contribution in [0.4, 0.5) is 4.79 Å². The molecule has 1 saturated heterocycles. The van der Waals surface area contributed by atoms with E-state index in [1.54, 1.807) is 13.8 Å². The summed E-state index contributed by atoms with van der Waals surface area (Å²) in [5.41, 5.74) is -2.25. The molecule has 1 amide bonds. The lowest BCUT2D eigenvalue weighted by Gasteiger charge is -2.49. The molecule has 21 heavy (non-hydrogen) atoms. The van der Waals surface area contributed by atoms with Gasteiger partial charge in [-0.05, 0) is 6.42 Å². The van der Waals surface area contributed by atoms with Crippen LogP contribution in [0.5, 0.6) is 0 Å². The van der Waals surface area contributed by atoms with Crippen molar-refractivity contribution in [3.63, 3.8) is 0 Å². The number of aliphatic hydroxyl groups is 1. The van der Waals surface area contributed by atoms with Gasteiger partial charge in [0.1, 0.15) is 5.15 Å². The molecule has 7 nitrogen and oxygen atoms in total. The number of halogens is 1. The summed E-state index contributed by atoms with van der Waals surface area (Å²) in [6.07, 6.45) is 1.72. The minimum absolute atomic E-state index is 0.0501. The Hall–Kier alpha value is -1.60. The summed E-state index contributed by atoms with van der Waals surface area (Å²) < 4.78 is 1.31. The van der Waals surface area contributed by atoms with Crippen LogP contribution in [0.2, 0.25) is 5.15 Å². The molecule has 1 aliphatic rings. The molecule has 1 fully saturated rings. The number of piperidine rings is 1. The molecule has 2 heterocycles. The third kappa shape index (κ3) is 3.03. The van der Waals surface area contributed by atoms with Gasteiger partial charge >= 0.3 is 6.09 Å². The van der Waals surface area contributed by atoms with Gasteiger partial charge in [0.05, 0.1) is 18.3 Å². The molecule has 0 radical (unpaired) electrons. The van der Waals surface area contributed by atoms with Crippen LogP contribution in [-0.4, -0.2) is 49.4 Å². The van der Waals surface area contributed by atoms with Crippen molar-refractivity contribution >= 4 is 17.7 Å². The molecule has 0 aromatic carbocycles. The lowest BCUT2D eigenvalue weighted by Crippen LogP contribution is -2.60. The lowest BCUT2D eigenvalue weighted by atomic mass is 9.70. The van der Waals surface area contributed by atoms with Gasteiger partial charge in [0.25, 0.3) is 5.56 Å². The Morgan fingerprint density at radius 1 is 1.52 bits per heavy atom. The van der Waals surface area contributed by atoms with Crippen molar-refractivity contribution in [2.45, 2.75) is 32.4 Å². The van der Waals surface area contributed by atoms with Gasteiger partial charge in [-0.1, -0.05) is 25.4 Å². The number of nitrogens with zero attached hydrogens (tertiary/aromatic N) is 3. The number of hydrogen-bond acceptors (Lipinski definition) is 4. The first kappa shape index (κ1) is 15.8. The van der Waals surface area contributed by atoms with Crippen molar-refractivity contribution in [1.29, 1.82) is 0 Å². The van der Waals surface area contributed by atoms with E-state index in [1.807, 2.05) is 0 Å². The minimum atomic E-state index is -1.20. The molecule has 2 N–H and O–H groups in total. The summed E-state index contributed by atoms with van der Waals surface area (Å²) in [6, 6.07) is 0. The highest BCUT2D eigenvalue weighted by Gasteiger charge is 2.48. The van der Waals surface area contributed by atoms with E-state index >= 15 is 0 Å². The number of amides is 1. The summed E-state index contributed by atoms with van der Waals surface area (Å²) >= 11 is 5.78. The predicted octanol–water partition coefficient (Wildman–Crippen LogP) is 1.04. The maximum Gasteiger partial charge on any atom is 0.407 e. The molecular weight excluding hydrogens is 298 g/mol. The van der Waals surface area contributed by atoms with Crippen molar-refractivity contribution in [1.82, 2.24) is 14.5 Å². The topological polar surface area (TPSA) is 95.7 Å². The van der Waals surface area contributed by atoms with Gasteiger partial charge in [-0.3, -0.25) is 4.79 Å². The third-order valence-electron chi connectivity index (χ3n) is 4.19. The van der Waals surface area contributed by atoms with Gasteiger partial charge in [0, 0.05) is 24.7 Å². The molecule has 0 aliphatic carbocycles. The van der Waals surface area contributed by atoms with Gasteiger partial charge in [-0.25, -0.2) is 9.78 Å². The average molecular weight is 316 g/mol. The maximum atomic E-state index is 11.8. The first-order valence-corrected chi connectivity index (χ1v) is 6.95. The molecule has 1 aliphatic heterocycles. The van der Waals surface area contributed by atoms with E-state index in [0.29, 0.717) is 0 Å². The van der Waals surface area contributed by atoms with Crippen LogP contribution in [-0.2, 0) is 6.54 Å². The summed E-state index contributed by atoms with van der Waals surface area (Å²) in [4.78, 5) is 27.8. The molecule has 1 aromatic heterocycles. The second-order valence-electron chi connectivity index (χ2n) is 6.05. The number of likely N-dealkylation sites (tertiary alicyclic amines) is 1. The Morgan fingerprint density at radius 3 is 2.76 bits per heavy atom. The molecule has 116 valence electrons. The standard InChI is InChI=1S/C13H18ClN3O4/c1-12(2)7-16(11(19)20)4-3-13(12,21)8-17-6-9(14)15-5-10(17)18/h5-6,21H,3-4,7-8H2,1-2H3,(H,19,20). The van der Waals surface area contributed by atoms with E-state index in [9.17, 15) is 14.7 Å². The fraction of sp³-hybridized carbons (Fsp3) is 0.615. The van der Waals surface area contributed by atoms with Crippen LogP contribution < -0.4 is 5.56 Å². The molecule has 1 atom stereocenters. The van der Waals surface area contributed by atoms with Gasteiger partial charge in [0.15, 0.2) is 0 Å². The largest absolute Gasteiger partial charge is 0.465 e. The monoisotopic (exact) mass is 315 g/mol. The van der Waals surface area contributed by atoms with Gasteiger partial charge in [-0.15, -0.1) is 0 Å². The third-order valence-corrected chi connectivity index (χ3v) is 4.38. The van der Waals surface area contributed by atoms with E-state index in [2.05, 4.69) is 4.98 Å². The number of carbonyl (C=O) groups is 1. The van der Waals surface area contributed by atoms with Crippen LogP contribution >= 0.6 is 11.6 Å². The normalized spacial score (nSPS) is 24.9. The number of aromatic nitrogens is 2. The van der Waals surface area contributed by atoms with E-state index in [-0.39, 0.29) is 36.8 Å². The lowest BCUT2D eigenvalue weighted by molar-refractivity contribution is -0.123. The summed E-state index contributed by atoms with van der Waals surface area (Å²) in [5.74, 6) is 0. The van der Waals surface area contributed by atoms with E-state index in [1.165, 1.54) is 15.7 Å². The smallest absolute Gasteiger partial charge is 0.407 e. The number of rotatable bonds is 2. The Labute approximate surface area is 126 Å².